The highest BCUT2D eigenvalue weighted by Crippen LogP contribution is 2.32. The van der Waals surface area contributed by atoms with Crippen LogP contribution in [0, 0.1) is 21.8 Å². The van der Waals surface area contributed by atoms with Crippen LogP contribution in [0.2, 0.25) is 0 Å². The molecule has 0 saturated heterocycles. The van der Waals surface area contributed by atoms with Crippen LogP contribution in [0.1, 0.15) is 13.8 Å². The number of hydrogen-bond acceptors (Lipinski definition) is 5. The van der Waals surface area contributed by atoms with E-state index < -0.39 is 16.8 Å². The van der Waals surface area contributed by atoms with Crippen molar-refractivity contribution < 1.29 is 19.2 Å². The van der Waals surface area contributed by atoms with Crippen molar-refractivity contribution in [1.82, 2.24) is 5.32 Å². The number of nitrogens with one attached hydrogen (secondary N) is 1. The standard InChI is InChI=1S/C13H18BrFN2O4/c1-8(2)5-16-6-9(18)7-21-13-4-11(15)10(14)3-12(13)17(19)20/h3-4,8-9,16,18H,5-7H2,1-2H3. The molecule has 21 heavy (non-hydrogen) atoms. The van der Waals surface area contributed by atoms with E-state index in [1.807, 2.05) is 13.8 Å². The Kier molecular flexibility index (Phi) is 7.00. The third kappa shape index (κ3) is 5.94. The number of halogens is 2. The smallest absolute Gasteiger partial charge is 0.312 e. The lowest BCUT2D eigenvalue weighted by Crippen LogP contribution is -2.33. The highest BCUT2D eigenvalue weighted by molar-refractivity contribution is 9.10. The van der Waals surface area contributed by atoms with Crippen LogP contribution in [0.5, 0.6) is 5.75 Å². The molecule has 0 radical (unpaired) electrons. The molecule has 0 spiro atoms. The summed E-state index contributed by atoms with van der Waals surface area (Å²) in [6.07, 6.45) is -0.838. The maximum absolute atomic E-state index is 13.4. The van der Waals surface area contributed by atoms with Gasteiger partial charge in [0, 0.05) is 18.7 Å². The molecule has 1 aromatic carbocycles. The summed E-state index contributed by atoms with van der Waals surface area (Å²) in [5.41, 5.74) is -0.356. The number of nitro groups is 1. The average Bonchev–Trinajstić information content (AvgIpc) is 2.39. The summed E-state index contributed by atoms with van der Waals surface area (Å²) in [7, 11) is 0. The molecule has 2 N–H and O–H groups in total. The summed E-state index contributed by atoms with van der Waals surface area (Å²) in [6, 6.07) is 1.96. The largest absolute Gasteiger partial charge is 0.484 e. The molecule has 1 atom stereocenters. The number of nitro benzene ring substituents is 1. The van der Waals surface area contributed by atoms with Gasteiger partial charge < -0.3 is 15.2 Å². The molecule has 8 heteroatoms. The Bertz CT molecular complexity index is 499. The fraction of sp³-hybridized carbons (Fsp3) is 0.538. The fourth-order valence-electron chi connectivity index (χ4n) is 1.56. The van der Waals surface area contributed by atoms with Gasteiger partial charge in [0.2, 0.25) is 0 Å². The predicted octanol–water partition coefficient (Wildman–Crippen LogP) is 2.48. The molecule has 118 valence electrons. The molecule has 0 aliphatic rings. The van der Waals surface area contributed by atoms with Gasteiger partial charge >= 0.3 is 5.69 Å². The van der Waals surface area contributed by atoms with Gasteiger partial charge in [-0.1, -0.05) is 13.8 Å². The lowest BCUT2D eigenvalue weighted by molar-refractivity contribution is -0.386. The van der Waals surface area contributed by atoms with Gasteiger partial charge in [-0.05, 0) is 28.4 Å². The van der Waals surface area contributed by atoms with Crippen molar-refractivity contribution in [1.29, 1.82) is 0 Å². The van der Waals surface area contributed by atoms with Crippen molar-refractivity contribution in [3.63, 3.8) is 0 Å². The Morgan fingerprint density at radius 3 is 2.71 bits per heavy atom. The molecule has 0 bridgehead atoms. The third-order valence-electron chi connectivity index (χ3n) is 2.56. The van der Waals surface area contributed by atoms with Gasteiger partial charge in [-0.15, -0.1) is 0 Å². The van der Waals surface area contributed by atoms with E-state index >= 15 is 0 Å². The van der Waals surface area contributed by atoms with Crippen molar-refractivity contribution in [2.75, 3.05) is 19.7 Å². The van der Waals surface area contributed by atoms with E-state index in [1.165, 1.54) is 0 Å². The molecular formula is C13H18BrFN2O4. The molecule has 0 saturated carbocycles. The first kappa shape index (κ1) is 17.8. The minimum absolute atomic E-state index is 0.0132. The first-order chi connectivity index (χ1) is 9.81. The van der Waals surface area contributed by atoms with E-state index in [-0.39, 0.29) is 22.5 Å². The van der Waals surface area contributed by atoms with Gasteiger partial charge in [0.25, 0.3) is 0 Å². The zero-order valence-corrected chi connectivity index (χ0v) is 13.4. The second kappa shape index (κ2) is 8.26. The molecule has 0 fully saturated rings. The van der Waals surface area contributed by atoms with Crippen LogP contribution in [-0.2, 0) is 0 Å². The Labute approximate surface area is 130 Å². The first-order valence-electron chi connectivity index (χ1n) is 6.46. The molecular weight excluding hydrogens is 347 g/mol. The minimum atomic E-state index is -0.838. The monoisotopic (exact) mass is 364 g/mol. The summed E-state index contributed by atoms with van der Waals surface area (Å²) in [5.74, 6) is -0.425. The Morgan fingerprint density at radius 2 is 2.14 bits per heavy atom. The second-order valence-electron chi connectivity index (χ2n) is 5.01. The second-order valence-corrected chi connectivity index (χ2v) is 5.86. The van der Waals surface area contributed by atoms with Crippen LogP contribution in [0.3, 0.4) is 0 Å². The molecule has 0 heterocycles. The lowest BCUT2D eigenvalue weighted by Gasteiger charge is -2.14. The van der Waals surface area contributed by atoms with Crippen molar-refractivity contribution in [2.45, 2.75) is 20.0 Å². The van der Waals surface area contributed by atoms with Gasteiger partial charge in [0.05, 0.1) is 9.40 Å². The molecule has 1 aromatic rings. The quantitative estimate of drug-likeness (QED) is 0.546. The van der Waals surface area contributed by atoms with Crippen LogP contribution < -0.4 is 10.1 Å². The van der Waals surface area contributed by atoms with Gasteiger partial charge in [0.15, 0.2) is 5.75 Å². The summed E-state index contributed by atoms with van der Waals surface area (Å²) < 4.78 is 18.6. The van der Waals surface area contributed by atoms with Gasteiger partial charge in [-0.2, -0.15) is 0 Å². The Balaban J connectivity index is 2.62. The minimum Gasteiger partial charge on any atom is -0.484 e. The van der Waals surface area contributed by atoms with E-state index in [1.54, 1.807) is 0 Å². The summed E-state index contributed by atoms with van der Waals surface area (Å²) in [6.45, 7) is 4.94. The van der Waals surface area contributed by atoms with E-state index in [9.17, 15) is 19.6 Å². The highest BCUT2D eigenvalue weighted by Gasteiger charge is 2.19. The van der Waals surface area contributed by atoms with Crippen LogP contribution in [-0.4, -0.2) is 35.8 Å². The molecule has 6 nitrogen and oxygen atoms in total. The van der Waals surface area contributed by atoms with Crippen LogP contribution in [0.15, 0.2) is 16.6 Å². The van der Waals surface area contributed by atoms with Crippen molar-refractivity contribution in [2.24, 2.45) is 5.92 Å². The number of ether oxygens (including phenoxy) is 1. The van der Waals surface area contributed by atoms with E-state index in [0.717, 1.165) is 18.7 Å². The molecule has 0 amide bonds. The fourth-order valence-corrected chi connectivity index (χ4v) is 1.89. The molecule has 0 aliphatic heterocycles. The highest BCUT2D eigenvalue weighted by atomic mass is 79.9. The Hall–Kier alpha value is -1.25. The molecule has 0 aromatic heterocycles. The number of rotatable bonds is 8. The number of aliphatic hydroxyl groups excluding tert-OH is 1. The van der Waals surface area contributed by atoms with E-state index in [2.05, 4.69) is 21.2 Å². The number of aliphatic hydroxyl groups is 1. The van der Waals surface area contributed by atoms with Gasteiger partial charge in [0.1, 0.15) is 18.5 Å². The zero-order valence-electron chi connectivity index (χ0n) is 11.8. The zero-order chi connectivity index (χ0) is 16.0. The topological polar surface area (TPSA) is 84.6 Å². The maximum atomic E-state index is 13.4. The first-order valence-corrected chi connectivity index (χ1v) is 7.25. The van der Waals surface area contributed by atoms with Gasteiger partial charge in [-0.3, -0.25) is 10.1 Å². The van der Waals surface area contributed by atoms with E-state index in [0.29, 0.717) is 12.5 Å². The predicted molar refractivity (Wildman–Crippen MR) is 80.0 cm³/mol. The molecule has 1 unspecified atom stereocenters. The normalized spacial score (nSPS) is 12.5. The lowest BCUT2D eigenvalue weighted by atomic mass is 10.2. The maximum Gasteiger partial charge on any atom is 0.312 e. The number of benzene rings is 1. The molecule has 1 rings (SSSR count). The van der Waals surface area contributed by atoms with Crippen molar-refractivity contribution >= 4 is 21.6 Å². The molecule has 0 aliphatic carbocycles. The number of nitrogens with zero attached hydrogens (tertiary/aromatic N) is 1. The third-order valence-corrected chi connectivity index (χ3v) is 3.17. The summed E-state index contributed by atoms with van der Waals surface area (Å²) in [4.78, 5) is 10.2. The SMILES string of the molecule is CC(C)CNCC(O)COc1cc(F)c(Br)cc1[N+](=O)[O-]. The average molecular weight is 365 g/mol. The van der Waals surface area contributed by atoms with Gasteiger partial charge in [-0.25, -0.2) is 4.39 Å². The number of hydrogen-bond donors (Lipinski definition) is 2. The van der Waals surface area contributed by atoms with Crippen LogP contribution in [0.4, 0.5) is 10.1 Å². The van der Waals surface area contributed by atoms with E-state index in [4.69, 9.17) is 4.74 Å². The Morgan fingerprint density at radius 1 is 1.48 bits per heavy atom. The van der Waals surface area contributed by atoms with Crippen LogP contribution in [0.25, 0.3) is 0 Å². The van der Waals surface area contributed by atoms with Crippen LogP contribution >= 0.6 is 15.9 Å². The van der Waals surface area contributed by atoms with Crippen molar-refractivity contribution in [3.8, 4) is 5.75 Å². The summed E-state index contributed by atoms with van der Waals surface area (Å²) >= 11 is 2.88. The van der Waals surface area contributed by atoms with Crippen molar-refractivity contribution in [3.05, 3.63) is 32.5 Å². The summed E-state index contributed by atoms with van der Waals surface area (Å²) in [5, 5.41) is 23.6.